The van der Waals surface area contributed by atoms with E-state index in [-0.39, 0.29) is 17.0 Å². The summed E-state index contributed by atoms with van der Waals surface area (Å²) in [6.07, 6.45) is 0. The molecule has 124 valence electrons. The first-order chi connectivity index (χ1) is 11.3. The Morgan fingerprint density at radius 2 is 2.00 bits per heavy atom. The lowest BCUT2D eigenvalue weighted by atomic mass is 10.1. The number of rotatable bonds is 1. The van der Waals surface area contributed by atoms with Gasteiger partial charge in [0.15, 0.2) is 5.17 Å². The van der Waals surface area contributed by atoms with Crippen molar-refractivity contribution in [2.45, 2.75) is 19.2 Å². The highest BCUT2D eigenvalue weighted by Crippen LogP contribution is 2.42. The summed E-state index contributed by atoms with van der Waals surface area (Å²) in [5, 5.41) is 9.53. The van der Waals surface area contributed by atoms with E-state index in [2.05, 4.69) is 15.4 Å². The fraction of sp³-hybridized carbons (Fsp3) is 0.200. The Labute approximate surface area is 152 Å². The lowest BCUT2D eigenvalue weighted by molar-refractivity contribution is -0.129. The van der Waals surface area contributed by atoms with Crippen molar-refractivity contribution in [1.82, 2.24) is 15.3 Å². The van der Waals surface area contributed by atoms with Crippen molar-refractivity contribution >= 4 is 62.8 Å². The quantitative estimate of drug-likeness (QED) is 0.765. The van der Waals surface area contributed by atoms with Gasteiger partial charge in [-0.05, 0) is 18.2 Å². The second-order valence-electron chi connectivity index (χ2n) is 5.13. The fourth-order valence-electron chi connectivity index (χ4n) is 2.27. The molecule has 9 heteroatoms. The molecule has 0 bridgehead atoms. The molecule has 1 aliphatic heterocycles. The summed E-state index contributed by atoms with van der Waals surface area (Å²) >= 11 is 13.5. The Kier molecular flexibility index (Phi) is 4.67. The van der Waals surface area contributed by atoms with Crippen molar-refractivity contribution in [2.24, 2.45) is 5.10 Å². The molecule has 0 radical (unpaired) electrons. The number of hydrazone groups is 1. The van der Waals surface area contributed by atoms with Crippen LogP contribution in [0.3, 0.4) is 0 Å². The monoisotopic (exact) mass is 382 g/mol. The van der Waals surface area contributed by atoms with Gasteiger partial charge in [-0.2, -0.15) is 0 Å². The minimum atomic E-state index is -0.496. The van der Waals surface area contributed by atoms with E-state index in [0.717, 1.165) is 5.39 Å². The van der Waals surface area contributed by atoms with Crippen LogP contribution in [-0.4, -0.2) is 27.0 Å². The van der Waals surface area contributed by atoms with Gasteiger partial charge in [-0.1, -0.05) is 41.0 Å². The maximum absolute atomic E-state index is 11.9. The molecular weight excluding hydrogens is 371 g/mol. The Bertz CT molecular complexity index is 887. The highest BCUT2D eigenvalue weighted by Gasteiger charge is 2.34. The van der Waals surface area contributed by atoms with Crippen LogP contribution in [0.5, 0.6) is 0 Å². The van der Waals surface area contributed by atoms with Crippen LogP contribution in [0.4, 0.5) is 0 Å². The lowest BCUT2D eigenvalue weighted by Crippen LogP contribution is -2.25. The molecule has 1 N–H and O–H groups in total. The molecule has 0 saturated heterocycles. The zero-order chi connectivity index (χ0) is 17.4. The number of aromatic nitrogens is 1. The van der Waals surface area contributed by atoms with E-state index in [1.807, 2.05) is 12.1 Å². The van der Waals surface area contributed by atoms with E-state index < -0.39 is 5.37 Å². The summed E-state index contributed by atoms with van der Waals surface area (Å²) < 4.78 is 0. The molecule has 1 unspecified atom stereocenters. The second-order valence-corrected chi connectivity index (χ2v) is 6.99. The number of hydrogen-bond acceptors (Lipinski definition) is 5. The number of halogens is 2. The Hall–Kier alpha value is -1.83. The average molecular weight is 383 g/mol. The summed E-state index contributed by atoms with van der Waals surface area (Å²) in [4.78, 5) is 27.5. The molecule has 2 amide bonds. The topological polar surface area (TPSA) is 74.7 Å². The van der Waals surface area contributed by atoms with Crippen molar-refractivity contribution in [1.29, 1.82) is 0 Å². The van der Waals surface area contributed by atoms with E-state index in [0.29, 0.717) is 21.3 Å². The molecule has 1 aromatic carbocycles. The zero-order valence-corrected chi connectivity index (χ0v) is 15.0. The van der Waals surface area contributed by atoms with Crippen LogP contribution >= 0.6 is 35.0 Å². The highest BCUT2D eigenvalue weighted by atomic mass is 35.5. The van der Waals surface area contributed by atoms with E-state index in [1.165, 1.54) is 30.6 Å². The third-order valence-corrected chi connectivity index (χ3v) is 4.90. The Morgan fingerprint density at radius 1 is 1.25 bits per heavy atom. The third kappa shape index (κ3) is 3.33. The predicted molar refractivity (Wildman–Crippen MR) is 95.9 cm³/mol. The summed E-state index contributed by atoms with van der Waals surface area (Å²) in [6, 6.07) is 7.15. The number of hydrogen-bond donors (Lipinski definition) is 1. The smallest absolute Gasteiger partial charge is 0.241 e. The largest absolute Gasteiger partial charge is 0.304 e. The number of amides is 2. The van der Waals surface area contributed by atoms with E-state index in [9.17, 15) is 9.59 Å². The molecule has 0 saturated carbocycles. The van der Waals surface area contributed by atoms with Gasteiger partial charge in [0, 0.05) is 29.8 Å². The SMILES string of the molecule is CC(=O)NC1=NN(C(C)=O)C(c2cc3ccc(Cl)cc3nc2Cl)S1. The number of carbonyl (C=O) groups is 2. The van der Waals surface area contributed by atoms with Crippen LogP contribution in [0.25, 0.3) is 10.9 Å². The van der Waals surface area contributed by atoms with Gasteiger partial charge in [-0.15, -0.1) is 5.10 Å². The summed E-state index contributed by atoms with van der Waals surface area (Å²) in [5.74, 6) is -0.525. The lowest BCUT2D eigenvalue weighted by Gasteiger charge is -2.20. The van der Waals surface area contributed by atoms with Crippen LogP contribution in [0.2, 0.25) is 10.2 Å². The Balaban J connectivity index is 2.02. The first kappa shape index (κ1) is 17.0. The van der Waals surface area contributed by atoms with Crippen molar-refractivity contribution in [3.63, 3.8) is 0 Å². The normalized spacial score (nSPS) is 17.1. The van der Waals surface area contributed by atoms with E-state index in [1.54, 1.807) is 12.1 Å². The maximum Gasteiger partial charge on any atom is 0.241 e. The van der Waals surface area contributed by atoms with Crippen LogP contribution in [0.15, 0.2) is 29.4 Å². The number of thioether (sulfide) groups is 1. The first-order valence-corrected chi connectivity index (χ1v) is 8.57. The van der Waals surface area contributed by atoms with Gasteiger partial charge in [-0.25, -0.2) is 9.99 Å². The average Bonchev–Trinajstić information content (AvgIpc) is 2.89. The number of fused-ring (bicyclic) bond motifs is 1. The molecule has 6 nitrogen and oxygen atoms in total. The number of pyridine rings is 1. The van der Waals surface area contributed by atoms with Crippen molar-refractivity contribution < 1.29 is 9.59 Å². The molecular formula is C15H12Cl2N4O2S. The van der Waals surface area contributed by atoms with Gasteiger partial charge < -0.3 is 5.32 Å². The van der Waals surface area contributed by atoms with Gasteiger partial charge >= 0.3 is 0 Å². The molecule has 24 heavy (non-hydrogen) atoms. The van der Waals surface area contributed by atoms with Gasteiger partial charge in [0.05, 0.1) is 5.52 Å². The number of carbonyl (C=O) groups excluding carboxylic acids is 2. The number of benzene rings is 1. The second kappa shape index (κ2) is 6.58. The molecule has 0 fully saturated rings. The molecule has 2 heterocycles. The summed E-state index contributed by atoms with van der Waals surface area (Å²) in [7, 11) is 0. The molecule has 3 rings (SSSR count). The molecule has 1 aliphatic rings. The van der Waals surface area contributed by atoms with E-state index in [4.69, 9.17) is 23.2 Å². The van der Waals surface area contributed by atoms with Crippen molar-refractivity contribution in [2.75, 3.05) is 0 Å². The third-order valence-electron chi connectivity index (χ3n) is 3.28. The van der Waals surface area contributed by atoms with E-state index >= 15 is 0 Å². The number of nitrogens with one attached hydrogen (secondary N) is 1. The van der Waals surface area contributed by atoms with Crippen LogP contribution in [-0.2, 0) is 9.59 Å². The van der Waals surface area contributed by atoms with Gasteiger partial charge in [0.1, 0.15) is 10.5 Å². The predicted octanol–water partition coefficient (Wildman–Crippen LogP) is 3.54. The molecule has 1 atom stereocenters. The zero-order valence-electron chi connectivity index (χ0n) is 12.7. The minimum absolute atomic E-state index is 0.257. The Morgan fingerprint density at radius 3 is 2.67 bits per heavy atom. The van der Waals surface area contributed by atoms with Crippen molar-refractivity contribution in [3.8, 4) is 0 Å². The van der Waals surface area contributed by atoms with Gasteiger partial charge in [-0.3, -0.25) is 9.59 Å². The van der Waals surface area contributed by atoms with Gasteiger partial charge in [0.25, 0.3) is 0 Å². The summed E-state index contributed by atoms with van der Waals surface area (Å²) in [6.45, 7) is 2.78. The standard InChI is InChI=1S/C15H12Cl2N4O2S/c1-7(22)18-15-20-21(8(2)23)14(24-15)11-5-9-3-4-10(16)6-12(9)19-13(11)17/h3-6,14H,1-2H3,(H,18,20,22). The molecule has 1 aromatic heterocycles. The minimum Gasteiger partial charge on any atom is -0.304 e. The summed E-state index contributed by atoms with van der Waals surface area (Å²) in [5.41, 5.74) is 1.30. The number of amidine groups is 1. The highest BCUT2D eigenvalue weighted by molar-refractivity contribution is 8.14. The van der Waals surface area contributed by atoms with Crippen LogP contribution < -0.4 is 5.32 Å². The first-order valence-electron chi connectivity index (χ1n) is 6.93. The molecule has 0 aliphatic carbocycles. The van der Waals surface area contributed by atoms with Crippen LogP contribution in [0, 0.1) is 0 Å². The number of nitrogens with zero attached hydrogens (tertiary/aromatic N) is 3. The van der Waals surface area contributed by atoms with Crippen molar-refractivity contribution in [3.05, 3.63) is 40.0 Å². The molecule has 2 aromatic rings. The maximum atomic E-state index is 11.9. The fourth-order valence-corrected chi connectivity index (χ4v) is 3.90. The van der Waals surface area contributed by atoms with Crippen LogP contribution in [0.1, 0.15) is 24.8 Å². The molecule has 0 spiro atoms. The van der Waals surface area contributed by atoms with Gasteiger partial charge in [0.2, 0.25) is 11.8 Å².